The Hall–Kier alpha value is -2.78. The highest BCUT2D eigenvalue weighted by Crippen LogP contribution is 2.20. The molecule has 0 unspecified atom stereocenters. The van der Waals surface area contributed by atoms with Crippen LogP contribution in [-0.2, 0) is 25.9 Å². The van der Waals surface area contributed by atoms with E-state index in [2.05, 4.69) is 4.99 Å². The van der Waals surface area contributed by atoms with Crippen molar-refractivity contribution in [1.29, 1.82) is 0 Å². The van der Waals surface area contributed by atoms with Gasteiger partial charge in [0.1, 0.15) is 6.54 Å². The Bertz CT molecular complexity index is 1300. The lowest BCUT2D eigenvalue weighted by Crippen LogP contribution is -2.22. The SMILES string of the molecule is COC(=O)Cn1c(=NC(=O)c2cccc(S(=O)(=O)C(C)C)c2)sc2cc(C)ccc21. The molecule has 3 aromatic rings. The van der Waals surface area contributed by atoms with Crippen molar-refractivity contribution in [3.8, 4) is 0 Å². The van der Waals surface area contributed by atoms with E-state index in [-0.39, 0.29) is 17.0 Å². The van der Waals surface area contributed by atoms with Crippen molar-refractivity contribution in [3.63, 3.8) is 0 Å². The van der Waals surface area contributed by atoms with Crippen LogP contribution in [0.5, 0.6) is 0 Å². The maximum atomic E-state index is 12.8. The number of hydrogen-bond donors (Lipinski definition) is 0. The Kier molecular flexibility index (Phi) is 6.23. The second kappa shape index (κ2) is 8.53. The molecule has 0 N–H and O–H groups in total. The largest absolute Gasteiger partial charge is 0.468 e. The summed E-state index contributed by atoms with van der Waals surface area (Å²) in [5, 5.41) is -0.604. The molecule has 1 heterocycles. The lowest BCUT2D eigenvalue weighted by atomic mass is 10.2. The van der Waals surface area contributed by atoms with Gasteiger partial charge >= 0.3 is 5.97 Å². The highest BCUT2D eigenvalue weighted by Gasteiger charge is 2.20. The van der Waals surface area contributed by atoms with Crippen LogP contribution in [0.25, 0.3) is 10.2 Å². The summed E-state index contributed by atoms with van der Waals surface area (Å²) in [6, 6.07) is 11.6. The molecule has 3 rings (SSSR count). The average Bonchev–Trinajstić information content (AvgIpc) is 3.03. The summed E-state index contributed by atoms with van der Waals surface area (Å²) < 4.78 is 32.1. The van der Waals surface area contributed by atoms with Gasteiger partial charge in [-0.2, -0.15) is 4.99 Å². The van der Waals surface area contributed by atoms with Gasteiger partial charge in [0.15, 0.2) is 14.6 Å². The molecule has 0 aliphatic heterocycles. The van der Waals surface area contributed by atoms with Crippen LogP contribution in [0.1, 0.15) is 29.8 Å². The minimum Gasteiger partial charge on any atom is -0.468 e. The van der Waals surface area contributed by atoms with Crippen LogP contribution in [0.2, 0.25) is 0 Å². The van der Waals surface area contributed by atoms with Gasteiger partial charge in [0.2, 0.25) is 0 Å². The van der Waals surface area contributed by atoms with Crippen molar-refractivity contribution in [2.24, 2.45) is 4.99 Å². The van der Waals surface area contributed by atoms with Crippen LogP contribution < -0.4 is 4.80 Å². The molecule has 0 aliphatic rings. The third kappa shape index (κ3) is 4.36. The molecular weight excluding hydrogens is 424 g/mol. The smallest absolute Gasteiger partial charge is 0.325 e. The first-order valence-corrected chi connectivity index (χ1v) is 11.6. The van der Waals surface area contributed by atoms with Gasteiger partial charge < -0.3 is 9.30 Å². The molecular formula is C21H22N2O5S2. The first-order chi connectivity index (χ1) is 14.1. The molecule has 0 saturated heterocycles. The van der Waals surface area contributed by atoms with Crippen molar-refractivity contribution in [3.05, 3.63) is 58.4 Å². The summed E-state index contributed by atoms with van der Waals surface area (Å²) in [6.45, 7) is 5.03. The molecule has 1 aromatic heterocycles. The number of benzene rings is 2. The summed E-state index contributed by atoms with van der Waals surface area (Å²) >= 11 is 1.28. The first kappa shape index (κ1) is 21.9. The van der Waals surface area contributed by atoms with Gasteiger partial charge in [-0.1, -0.05) is 23.5 Å². The number of thiazole rings is 1. The number of methoxy groups -OCH3 is 1. The van der Waals surface area contributed by atoms with Crippen molar-refractivity contribution >= 4 is 43.3 Å². The molecule has 1 amide bonds. The Morgan fingerprint density at radius 1 is 1.17 bits per heavy atom. The number of carbonyl (C=O) groups excluding carboxylic acids is 2. The quantitative estimate of drug-likeness (QED) is 0.561. The number of carbonyl (C=O) groups is 2. The van der Waals surface area contributed by atoms with E-state index < -0.39 is 27.0 Å². The number of ether oxygens (including phenoxy) is 1. The number of nitrogens with zero attached hydrogens (tertiary/aromatic N) is 2. The lowest BCUT2D eigenvalue weighted by Gasteiger charge is -2.08. The van der Waals surface area contributed by atoms with Crippen LogP contribution in [0.15, 0.2) is 52.4 Å². The lowest BCUT2D eigenvalue weighted by molar-refractivity contribution is -0.141. The number of sulfone groups is 1. The summed E-state index contributed by atoms with van der Waals surface area (Å²) in [6.07, 6.45) is 0. The van der Waals surface area contributed by atoms with Crippen LogP contribution >= 0.6 is 11.3 Å². The maximum Gasteiger partial charge on any atom is 0.325 e. The highest BCUT2D eigenvalue weighted by atomic mass is 32.2. The van der Waals surface area contributed by atoms with Crippen molar-refractivity contribution in [2.75, 3.05) is 7.11 Å². The maximum absolute atomic E-state index is 12.8. The standard InChI is InChI=1S/C21H22N2O5S2/c1-13(2)30(26,27)16-7-5-6-15(11-16)20(25)22-21-23(12-19(24)28-4)17-9-8-14(3)10-18(17)29-21/h5-11,13H,12H2,1-4H3. The fourth-order valence-corrected chi connectivity index (χ4v) is 5.07. The van der Waals surface area contributed by atoms with E-state index in [1.165, 1.54) is 42.7 Å². The van der Waals surface area contributed by atoms with Crippen LogP contribution in [-0.4, -0.2) is 37.2 Å². The van der Waals surface area contributed by atoms with Crippen LogP contribution in [0.3, 0.4) is 0 Å². The fraction of sp³-hybridized carbons (Fsp3) is 0.286. The molecule has 0 saturated carbocycles. The second-order valence-corrected chi connectivity index (χ2v) is 10.6. The zero-order valence-corrected chi connectivity index (χ0v) is 18.7. The zero-order chi connectivity index (χ0) is 22.1. The third-order valence-electron chi connectivity index (χ3n) is 4.58. The fourth-order valence-electron chi connectivity index (χ4n) is 2.84. The molecule has 0 fully saturated rings. The number of aryl methyl sites for hydroxylation is 1. The van der Waals surface area contributed by atoms with E-state index in [0.717, 1.165) is 15.8 Å². The van der Waals surface area contributed by atoms with Crippen molar-refractivity contribution < 1.29 is 22.7 Å². The van der Waals surface area contributed by atoms with E-state index >= 15 is 0 Å². The Labute approximate surface area is 178 Å². The van der Waals surface area contributed by atoms with Gasteiger partial charge in [-0.25, -0.2) is 8.42 Å². The average molecular weight is 447 g/mol. The van der Waals surface area contributed by atoms with Gasteiger partial charge in [0.05, 0.1) is 27.5 Å². The highest BCUT2D eigenvalue weighted by molar-refractivity contribution is 7.92. The Morgan fingerprint density at radius 2 is 1.90 bits per heavy atom. The Balaban J connectivity index is 2.12. The van der Waals surface area contributed by atoms with E-state index in [1.807, 2.05) is 25.1 Å². The molecule has 0 atom stereocenters. The van der Waals surface area contributed by atoms with Gasteiger partial charge in [-0.3, -0.25) is 9.59 Å². The molecule has 0 spiro atoms. The van der Waals surface area contributed by atoms with E-state index in [4.69, 9.17) is 4.74 Å². The number of esters is 1. The molecule has 0 bridgehead atoms. The monoisotopic (exact) mass is 446 g/mol. The van der Waals surface area contributed by atoms with Crippen LogP contribution in [0, 0.1) is 6.92 Å². The van der Waals surface area contributed by atoms with Crippen LogP contribution in [0.4, 0.5) is 0 Å². The first-order valence-electron chi connectivity index (χ1n) is 9.23. The van der Waals surface area contributed by atoms with Gasteiger partial charge in [0, 0.05) is 5.56 Å². The molecule has 0 radical (unpaired) electrons. The summed E-state index contributed by atoms with van der Waals surface area (Å²) in [5.41, 5.74) is 1.96. The summed E-state index contributed by atoms with van der Waals surface area (Å²) in [7, 11) is -2.22. The molecule has 2 aromatic carbocycles. The number of aromatic nitrogens is 1. The normalized spacial score (nSPS) is 12.5. The summed E-state index contributed by atoms with van der Waals surface area (Å²) in [4.78, 5) is 29.3. The van der Waals surface area contributed by atoms with Crippen molar-refractivity contribution in [2.45, 2.75) is 37.5 Å². The van der Waals surface area contributed by atoms with E-state index in [0.29, 0.717) is 4.80 Å². The van der Waals surface area contributed by atoms with Gasteiger partial charge in [-0.05, 0) is 56.7 Å². The zero-order valence-electron chi connectivity index (χ0n) is 17.1. The minimum absolute atomic E-state index is 0.0768. The third-order valence-corrected chi connectivity index (χ3v) is 7.77. The van der Waals surface area contributed by atoms with E-state index in [1.54, 1.807) is 18.4 Å². The number of fused-ring (bicyclic) bond motifs is 1. The van der Waals surface area contributed by atoms with Gasteiger partial charge in [0.25, 0.3) is 5.91 Å². The number of rotatable bonds is 5. The topological polar surface area (TPSA) is 94.8 Å². The molecule has 158 valence electrons. The predicted octanol–water partition coefficient (Wildman–Crippen LogP) is 3.11. The second-order valence-electron chi connectivity index (χ2n) is 7.06. The molecule has 30 heavy (non-hydrogen) atoms. The van der Waals surface area contributed by atoms with Crippen molar-refractivity contribution in [1.82, 2.24) is 4.57 Å². The summed E-state index contributed by atoms with van der Waals surface area (Å²) in [5.74, 6) is -1.05. The molecule has 7 nitrogen and oxygen atoms in total. The number of hydrogen-bond acceptors (Lipinski definition) is 6. The molecule has 9 heteroatoms. The van der Waals surface area contributed by atoms with Gasteiger partial charge in [-0.15, -0.1) is 0 Å². The molecule has 0 aliphatic carbocycles. The Morgan fingerprint density at radius 3 is 2.57 bits per heavy atom. The number of amides is 1. The minimum atomic E-state index is -3.52. The predicted molar refractivity (Wildman–Crippen MR) is 115 cm³/mol. The van der Waals surface area contributed by atoms with E-state index in [9.17, 15) is 18.0 Å².